The van der Waals surface area contributed by atoms with E-state index in [1.165, 1.54) is 19.3 Å². The number of hydrogen-bond acceptors (Lipinski definition) is 11. The summed E-state index contributed by atoms with van der Waals surface area (Å²) in [5.41, 5.74) is 0. The lowest BCUT2D eigenvalue weighted by Crippen LogP contribution is -2.29. The van der Waals surface area contributed by atoms with Crippen molar-refractivity contribution in [3.05, 3.63) is 72.9 Å². The van der Waals surface area contributed by atoms with Crippen molar-refractivity contribution < 1.29 is 66.7 Å². The fourth-order valence-electron chi connectivity index (χ4n) is 4.82. The summed E-state index contributed by atoms with van der Waals surface area (Å²) in [4.78, 5) is 52.5. The monoisotopic (exact) mass is 848 g/mol. The van der Waals surface area contributed by atoms with Gasteiger partial charge in [0.1, 0.15) is 12.7 Å². The summed E-state index contributed by atoms with van der Waals surface area (Å²) in [7, 11) is -9.72. The van der Waals surface area contributed by atoms with E-state index in [4.69, 9.17) is 23.8 Å². The molecule has 14 nitrogen and oxygen atoms in total. The smallest absolute Gasteiger partial charge is 0.462 e. The number of aliphatic hydroxyl groups is 2. The van der Waals surface area contributed by atoms with Crippen LogP contribution in [-0.4, -0.2) is 81.6 Å². The van der Waals surface area contributed by atoms with Crippen LogP contribution in [0.1, 0.15) is 124 Å². The minimum absolute atomic E-state index is 0.0143. The molecule has 0 saturated heterocycles. The van der Waals surface area contributed by atoms with E-state index < -0.39 is 72.3 Å². The predicted molar refractivity (Wildman–Crippen MR) is 222 cm³/mol. The average molecular weight is 849 g/mol. The van der Waals surface area contributed by atoms with E-state index >= 15 is 0 Å². The molecule has 5 N–H and O–H groups in total. The fraction of sp³-hybridized carbons (Fsp3) is 0.659. The van der Waals surface area contributed by atoms with Gasteiger partial charge in [-0.3, -0.25) is 23.2 Å². The molecule has 0 aromatic carbocycles. The summed E-state index contributed by atoms with van der Waals surface area (Å²) in [6, 6.07) is 0. The van der Waals surface area contributed by atoms with Gasteiger partial charge in [0.05, 0.1) is 25.9 Å². The molecule has 0 rings (SSSR count). The van der Waals surface area contributed by atoms with Gasteiger partial charge in [-0.05, 0) is 50.9 Å². The second kappa shape index (κ2) is 35.5. The van der Waals surface area contributed by atoms with Crippen LogP contribution < -0.4 is 0 Å². The summed E-state index contributed by atoms with van der Waals surface area (Å²) in [6.45, 7) is 3.63. The molecule has 4 atom stereocenters. The van der Waals surface area contributed by atoms with Gasteiger partial charge in [0.25, 0.3) is 0 Å². The number of carbonyl (C=O) groups is 2. The second-order valence-corrected chi connectivity index (χ2v) is 16.6. The molecule has 0 radical (unpaired) electrons. The number of carbonyl (C=O) groups excluding carboxylic acids is 2. The molecule has 0 heterocycles. The maximum Gasteiger partial charge on any atom is 0.472 e. The molecule has 0 bridgehead atoms. The zero-order chi connectivity index (χ0) is 42.6. The Balaban J connectivity index is 4.75. The van der Waals surface area contributed by atoms with Gasteiger partial charge in [0.2, 0.25) is 0 Å². The van der Waals surface area contributed by atoms with Gasteiger partial charge in [0, 0.05) is 12.8 Å². The van der Waals surface area contributed by atoms with Gasteiger partial charge in [-0.1, -0.05) is 139 Å². The molecule has 0 fully saturated rings. The van der Waals surface area contributed by atoms with E-state index in [-0.39, 0.29) is 12.8 Å². The first-order valence-electron chi connectivity index (χ1n) is 20.1. The van der Waals surface area contributed by atoms with Crippen LogP contribution in [-0.2, 0) is 41.8 Å². The first-order chi connectivity index (χ1) is 27.1. The van der Waals surface area contributed by atoms with Crippen molar-refractivity contribution >= 4 is 27.6 Å². The molecule has 0 aromatic heterocycles. The van der Waals surface area contributed by atoms with Crippen molar-refractivity contribution in [2.75, 3.05) is 26.4 Å². The largest absolute Gasteiger partial charge is 0.472 e. The normalized spacial score (nSPS) is 15.5. The van der Waals surface area contributed by atoms with Gasteiger partial charge >= 0.3 is 27.6 Å². The SMILES string of the molecule is CC/C=C\C/C=C\C/C=C\C/C=C\C=C/C(O)C/C=C\CCC(=O)OC[C@H](COP(=O)(O)OC[C@@H](O)COP(=O)(O)O)OC(=O)CCCCCCCCCC(C)C. The van der Waals surface area contributed by atoms with Crippen LogP contribution in [0.5, 0.6) is 0 Å². The van der Waals surface area contributed by atoms with Crippen LogP contribution >= 0.6 is 15.6 Å². The molecule has 0 aliphatic heterocycles. The minimum Gasteiger partial charge on any atom is -0.462 e. The third kappa shape index (κ3) is 40.1. The maximum atomic E-state index is 12.6. The zero-order valence-corrected chi connectivity index (χ0v) is 36.0. The van der Waals surface area contributed by atoms with E-state index in [1.807, 2.05) is 12.2 Å². The first kappa shape index (κ1) is 54.5. The van der Waals surface area contributed by atoms with Crippen molar-refractivity contribution in [1.29, 1.82) is 0 Å². The lowest BCUT2D eigenvalue weighted by molar-refractivity contribution is -0.161. The van der Waals surface area contributed by atoms with Crippen LogP contribution in [0.2, 0.25) is 0 Å². The number of hydrogen-bond donors (Lipinski definition) is 5. The highest BCUT2D eigenvalue weighted by atomic mass is 31.2. The zero-order valence-electron chi connectivity index (χ0n) is 34.2. The van der Waals surface area contributed by atoms with Gasteiger partial charge in [0.15, 0.2) is 6.10 Å². The summed E-state index contributed by atoms with van der Waals surface area (Å²) in [5, 5.41) is 19.9. The summed E-state index contributed by atoms with van der Waals surface area (Å²) >= 11 is 0. The Hall–Kier alpha value is -2.48. The van der Waals surface area contributed by atoms with E-state index in [0.717, 1.165) is 51.4 Å². The molecule has 0 saturated carbocycles. The van der Waals surface area contributed by atoms with Crippen molar-refractivity contribution in [3.8, 4) is 0 Å². The van der Waals surface area contributed by atoms with Gasteiger partial charge < -0.3 is 34.4 Å². The van der Waals surface area contributed by atoms with E-state index in [0.29, 0.717) is 25.2 Å². The Morgan fingerprint density at radius 2 is 1.21 bits per heavy atom. The molecule has 0 spiro atoms. The average Bonchev–Trinajstić information content (AvgIpc) is 3.14. The quantitative estimate of drug-likeness (QED) is 0.0131. The van der Waals surface area contributed by atoms with Crippen molar-refractivity contribution in [3.63, 3.8) is 0 Å². The van der Waals surface area contributed by atoms with E-state index in [2.05, 4.69) is 66.3 Å². The van der Waals surface area contributed by atoms with Crippen LogP contribution in [0.4, 0.5) is 0 Å². The van der Waals surface area contributed by atoms with Gasteiger partial charge in [-0.25, -0.2) is 9.13 Å². The van der Waals surface area contributed by atoms with Crippen molar-refractivity contribution in [2.24, 2.45) is 5.92 Å². The standard InChI is InChI=1S/C41H70O14P2/c1-4-5-6-7-8-9-10-11-12-13-16-19-23-28-37(42)29-24-21-26-30-40(44)51-34-39(35-54-57(49,50)53-33-38(43)32-52-56(46,47)48)55-41(45)31-25-20-17-14-15-18-22-27-36(2)3/h5-6,8-9,11-12,16,19,21,23-24,28,36-39,42-43H,4,7,10,13-15,17-18,20,22,25-27,29-35H2,1-3H3,(H,49,50)(H2,46,47,48)/b6-5-,9-8-,12-11-,19-16-,24-21-,28-23-/t37?,38-,39+/m0/s1. The van der Waals surface area contributed by atoms with Crippen LogP contribution in [0.3, 0.4) is 0 Å². The van der Waals surface area contributed by atoms with E-state index in [1.54, 1.807) is 24.3 Å². The molecule has 2 unspecified atom stereocenters. The number of aliphatic hydroxyl groups excluding tert-OH is 2. The topological polar surface area (TPSA) is 216 Å². The lowest BCUT2D eigenvalue weighted by atomic mass is 10.0. The highest BCUT2D eigenvalue weighted by Crippen LogP contribution is 2.43. The Kier molecular flexibility index (Phi) is 33.9. The summed E-state index contributed by atoms with van der Waals surface area (Å²) < 4.78 is 47.5. The Labute approximate surface area is 340 Å². The maximum absolute atomic E-state index is 12.6. The highest BCUT2D eigenvalue weighted by Gasteiger charge is 2.28. The number of allylic oxidation sites excluding steroid dienone is 10. The second-order valence-electron chi connectivity index (χ2n) is 13.9. The molecule has 328 valence electrons. The predicted octanol–water partition coefficient (Wildman–Crippen LogP) is 8.66. The molecule has 0 aliphatic carbocycles. The van der Waals surface area contributed by atoms with Crippen molar-refractivity contribution in [1.82, 2.24) is 0 Å². The number of unbranched alkanes of at least 4 members (excludes halogenated alkanes) is 6. The molecule has 0 aromatic rings. The summed E-state index contributed by atoms with van der Waals surface area (Å²) in [6.07, 6.45) is 32.6. The van der Waals surface area contributed by atoms with Crippen LogP contribution in [0.25, 0.3) is 0 Å². The van der Waals surface area contributed by atoms with Crippen LogP contribution in [0, 0.1) is 5.92 Å². The number of phosphoric acid groups is 2. The third-order valence-electron chi connectivity index (χ3n) is 7.87. The van der Waals surface area contributed by atoms with Gasteiger partial charge in [-0.15, -0.1) is 0 Å². The number of phosphoric ester groups is 2. The first-order valence-corrected chi connectivity index (χ1v) is 23.1. The Morgan fingerprint density at radius 3 is 1.84 bits per heavy atom. The number of ether oxygens (including phenoxy) is 2. The third-order valence-corrected chi connectivity index (χ3v) is 9.31. The summed E-state index contributed by atoms with van der Waals surface area (Å²) in [5.74, 6) is -0.524. The molecule has 16 heteroatoms. The molecular weight excluding hydrogens is 778 g/mol. The number of rotatable bonds is 36. The van der Waals surface area contributed by atoms with Crippen LogP contribution in [0.15, 0.2) is 72.9 Å². The molecular formula is C41H70O14P2. The van der Waals surface area contributed by atoms with Gasteiger partial charge in [-0.2, -0.15) is 0 Å². The molecule has 0 amide bonds. The lowest BCUT2D eigenvalue weighted by Gasteiger charge is -2.20. The molecule has 57 heavy (non-hydrogen) atoms. The van der Waals surface area contributed by atoms with E-state index in [9.17, 15) is 33.8 Å². The highest BCUT2D eigenvalue weighted by molar-refractivity contribution is 7.47. The molecule has 0 aliphatic rings. The number of esters is 2. The fourth-order valence-corrected chi connectivity index (χ4v) is 5.97. The Morgan fingerprint density at radius 1 is 0.632 bits per heavy atom. The van der Waals surface area contributed by atoms with Crippen molar-refractivity contribution in [2.45, 2.75) is 142 Å². The minimum atomic E-state index is -4.88. The Bertz CT molecular complexity index is 1320.